The summed E-state index contributed by atoms with van der Waals surface area (Å²) >= 11 is 0. The summed E-state index contributed by atoms with van der Waals surface area (Å²) in [4.78, 5) is 14.0. The van der Waals surface area contributed by atoms with Gasteiger partial charge in [0, 0.05) is 18.0 Å². The van der Waals surface area contributed by atoms with E-state index in [0.29, 0.717) is 6.61 Å². The zero-order chi connectivity index (χ0) is 22.9. The number of hydrogen-bond acceptors (Lipinski definition) is 7. The Labute approximate surface area is 180 Å². The van der Waals surface area contributed by atoms with Gasteiger partial charge in [-0.25, -0.2) is 4.79 Å². The maximum absolute atomic E-state index is 12.3. The van der Waals surface area contributed by atoms with Crippen LogP contribution in [-0.2, 0) is 23.7 Å². The highest BCUT2D eigenvalue weighted by Crippen LogP contribution is 2.38. The molecule has 2 aliphatic heterocycles. The maximum atomic E-state index is 12.3. The number of hydrogen-bond donors (Lipinski definition) is 1. The standard InChI is InChI=1S/C22H39NO7/c1-13(2)23(14(3)4)20(25)26-11-10-15(5)17(24)19-18(29-22(8,9)30-19)16-12-27-21(6,7)28-16/h10-11,13-19,24H,12H2,1-9H3/b11-10-/t15-,16-,17-,18-,19+/m1/s1. The van der Waals surface area contributed by atoms with Crippen molar-refractivity contribution < 1.29 is 33.6 Å². The molecule has 2 aliphatic rings. The first-order valence-electron chi connectivity index (χ1n) is 10.7. The average molecular weight is 430 g/mol. The lowest BCUT2D eigenvalue weighted by atomic mass is 9.94. The normalized spacial score (nSPS) is 30.2. The third kappa shape index (κ3) is 6.17. The molecule has 5 atom stereocenters. The highest BCUT2D eigenvalue weighted by Gasteiger charge is 2.52. The molecule has 0 bridgehead atoms. The molecule has 30 heavy (non-hydrogen) atoms. The van der Waals surface area contributed by atoms with Gasteiger partial charge in [-0.2, -0.15) is 0 Å². The van der Waals surface area contributed by atoms with Crippen LogP contribution < -0.4 is 0 Å². The largest absolute Gasteiger partial charge is 0.418 e. The molecule has 0 unspecified atom stereocenters. The van der Waals surface area contributed by atoms with Crippen LogP contribution >= 0.6 is 0 Å². The number of ether oxygens (including phenoxy) is 5. The molecule has 0 aliphatic carbocycles. The Morgan fingerprint density at radius 2 is 1.63 bits per heavy atom. The van der Waals surface area contributed by atoms with E-state index < -0.39 is 36.0 Å². The average Bonchev–Trinajstić information content (AvgIpc) is 3.11. The molecule has 2 fully saturated rings. The molecule has 8 heteroatoms. The molecule has 2 saturated heterocycles. The van der Waals surface area contributed by atoms with Gasteiger partial charge < -0.3 is 33.7 Å². The van der Waals surface area contributed by atoms with Gasteiger partial charge in [-0.15, -0.1) is 0 Å². The number of aliphatic hydroxyl groups is 1. The van der Waals surface area contributed by atoms with Crippen molar-refractivity contribution in [2.24, 2.45) is 5.92 Å². The van der Waals surface area contributed by atoms with Crippen molar-refractivity contribution in [2.45, 2.75) is 110 Å². The van der Waals surface area contributed by atoms with Gasteiger partial charge in [0.15, 0.2) is 11.6 Å². The van der Waals surface area contributed by atoms with Gasteiger partial charge in [0.2, 0.25) is 0 Å². The van der Waals surface area contributed by atoms with Crippen molar-refractivity contribution in [3.05, 3.63) is 12.3 Å². The Bertz CT molecular complexity index is 609. The molecule has 1 amide bonds. The van der Waals surface area contributed by atoms with Crippen LogP contribution in [0.5, 0.6) is 0 Å². The number of nitrogens with zero attached hydrogens (tertiary/aromatic N) is 1. The lowest BCUT2D eigenvalue weighted by molar-refractivity contribution is -0.175. The number of carbonyl (C=O) groups is 1. The fraction of sp³-hybridized carbons (Fsp3) is 0.864. The van der Waals surface area contributed by atoms with Gasteiger partial charge in [-0.1, -0.05) is 6.92 Å². The van der Waals surface area contributed by atoms with Crippen molar-refractivity contribution in [3.63, 3.8) is 0 Å². The second kappa shape index (κ2) is 9.53. The monoisotopic (exact) mass is 429 g/mol. The highest BCUT2D eigenvalue weighted by molar-refractivity contribution is 5.68. The van der Waals surface area contributed by atoms with E-state index >= 15 is 0 Å². The summed E-state index contributed by atoms with van der Waals surface area (Å²) < 4.78 is 28.9. The smallest absolute Gasteiger partial charge is 0.415 e. The molecule has 2 heterocycles. The zero-order valence-electron chi connectivity index (χ0n) is 19.7. The topological polar surface area (TPSA) is 86.7 Å². The number of rotatable bonds is 7. The second-order valence-corrected chi connectivity index (χ2v) is 9.59. The summed E-state index contributed by atoms with van der Waals surface area (Å²) in [6, 6.07) is 0.0534. The van der Waals surface area contributed by atoms with Crippen molar-refractivity contribution in [3.8, 4) is 0 Å². The molecule has 1 N–H and O–H groups in total. The summed E-state index contributed by atoms with van der Waals surface area (Å²) in [6.07, 6.45) is 0.251. The molecule has 8 nitrogen and oxygen atoms in total. The molecule has 0 saturated carbocycles. The van der Waals surface area contributed by atoms with Gasteiger partial charge in [-0.3, -0.25) is 0 Å². The van der Waals surface area contributed by atoms with Crippen LogP contribution in [0.4, 0.5) is 4.79 Å². The van der Waals surface area contributed by atoms with Gasteiger partial charge in [-0.05, 0) is 61.5 Å². The first-order chi connectivity index (χ1) is 13.7. The second-order valence-electron chi connectivity index (χ2n) is 9.59. The predicted molar refractivity (Wildman–Crippen MR) is 112 cm³/mol. The van der Waals surface area contributed by atoms with Crippen LogP contribution in [0.25, 0.3) is 0 Å². The quantitative estimate of drug-likeness (QED) is 0.621. The molecule has 0 aromatic rings. The van der Waals surface area contributed by atoms with Crippen molar-refractivity contribution in [1.29, 1.82) is 0 Å². The Morgan fingerprint density at radius 3 is 2.13 bits per heavy atom. The minimum atomic E-state index is -0.884. The number of amides is 1. The van der Waals surface area contributed by atoms with E-state index in [1.807, 2.05) is 62.3 Å². The summed E-state index contributed by atoms with van der Waals surface area (Å²) in [7, 11) is 0. The first-order valence-corrected chi connectivity index (χ1v) is 10.7. The molecular weight excluding hydrogens is 390 g/mol. The minimum absolute atomic E-state index is 0.0267. The van der Waals surface area contributed by atoms with Crippen LogP contribution in [0.1, 0.15) is 62.3 Å². The minimum Gasteiger partial charge on any atom is -0.418 e. The fourth-order valence-corrected chi connectivity index (χ4v) is 3.96. The van der Waals surface area contributed by atoms with Crippen molar-refractivity contribution in [1.82, 2.24) is 4.90 Å². The van der Waals surface area contributed by atoms with Crippen LogP contribution in [0.3, 0.4) is 0 Å². The number of carbonyl (C=O) groups excluding carboxylic acids is 1. The lowest BCUT2D eigenvalue weighted by Gasteiger charge is -2.29. The molecule has 0 aromatic heterocycles. The van der Waals surface area contributed by atoms with Gasteiger partial charge in [0.05, 0.1) is 19.0 Å². The molecule has 0 spiro atoms. The summed E-state index contributed by atoms with van der Waals surface area (Å²) in [5, 5.41) is 11.0. The fourth-order valence-electron chi connectivity index (χ4n) is 3.96. The van der Waals surface area contributed by atoms with Crippen LogP contribution in [0.2, 0.25) is 0 Å². The Kier molecular flexibility index (Phi) is 7.96. The Balaban J connectivity index is 2.01. The van der Waals surface area contributed by atoms with E-state index in [4.69, 9.17) is 23.7 Å². The SMILES string of the molecule is CC(C)N(C(=O)O/C=C\[C@@H](C)[C@@H](O)[C@@H]1OC(C)(C)O[C@@H]1[C@H]1COC(C)(C)O1)C(C)C. The Hall–Kier alpha value is -1.19. The molecular formula is C22H39NO7. The third-order valence-electron chi connectivity index (χ3n) is 5.31. The first kappa shape index (κ1) is 25.1. The van der Waals surface area contributed by atoms with E-state index in [-0.39, 0.29) is 24.1 Å². The van der Waals surface area contributed by atoms with Crippen LogP contribution in [0, 0.1) is 5.92 Å². The van der Waals surface area contributed by atoms with Gasteiger partial charge >= 0.3 is 6.09 Å². The molecule has 2 rings (SSSR count). The zero-order valence-corrected chi connectivity index (χ0v) is 19.7. The number of aliphatic hydroxyl groups excluding tert-OH is 1. The van der Waals surface area contributed by atoms with E-state index in [2.05, 4.69) is 0 Å². The summed E-state index contributed by atoms with van der Waals surface area (Å²) in [5.74, 6) is -1.89. The van der Waals surface area contributed by atoms with Gasteiger partial charge in [0.25, 0.3) is 0 Å². The predicted octanol–water partition coefficient (Wildman–Crippen LogP) is 3.42. The van der Waals surface area contributed by atoms with E-state index in [1.165, 1.54) is 6.26 Å². The van der Waals surface area contributed by atoms with Crippen LogP contribution in [-0.4, -0.2) is 70.8 Å². The molecule has 0 aromatic carbocycles. The molecule has 0 radical (unpaired) electrons. The maximum Gasteiger partial charge on any atom is 0.415 e. The Morgan fingerprint density at radius 1 is 1.03 bits per heavy atom. The van der Waals surface area contributed by atoms with Gasteiger partial charge in [0.1, 0.15) is 18.3 Å². The molecule has 174 valence electrons. The van der Waals surface area contributed by atoms with E-state index in [1.54, 1.807) is 11.0 Å². The highest BCUT2D eigenvalue weighted by atomic mass is 16.8. The summed E-state index contributed by atoms with van der Waals surface area (Å²) in [5.41, 5.74) is 0. The van der Waals surface area contributed by atoms with E-state index in [0.717, 1.165) is 0 Å². The van der Waals surface area contributed by atoms with Crippen molar-refractivity contribution in [2.75, 3.05) is 6.61 Å². The summed E-state index contributed by atoms with van der Waals surface area (Å²) in [6.45, 7) is 17.2. The van der Waals surface area contributed by atoms with Crippen LogP contribution in [0.15, 0.2) is 12.3 Å². The lowest BCUT2D eigenvalue weighted by Crippen LogP contribution is -2.46. The third-order valence-corrected chi connectivity index (χ3v) is 5.31. The van der Waals surface area contributed by atoms with E-state index in [9.17, 15) is 9.90 Å². The van der Waals surface area contributed by atoms with Crippen molar-refractivity contribution >= 4 is 6.09 Å².